The molecule has 2 unspecified atom stereocenters. The second-order valence-electron chi connectivity index (χ2n) is 6.75. The average Bonchev–Trinajstić information content (AvgIpc) is 2.90. The first-order valence-electron chi connectivity index (χ1n) is 8.28. The summed E-state index contributed by atoms with van der Waals surface area (Å²) < 4.78 is 6.38. The van der Waals surface area contributed by atoms with Crippen LogP contribution < -0.4 is 0 Å². The van der Waals surface area contributed by atoms with Crippen molar-refractivity contribution >= 4 is 27.8 Å². The molecular formula is C18H22BrNO4. The monoisotopic (exact) mass is 395 g/mol. The Morgan fingerprint density at radius 3 is 2.50 bits per heavy atom. The highest BCUT2D eigenvalue weighted by Crippen LogP contribution is 2.46. The fourth-order valence-corrected chi connectivity index (χ4v) is 4.15. The topological polar surface area (TPSA) is 66.8 Å². The Balaban J connectivity index is 1.87. The Kier molecular flexibility index (Phi) is 4.97. The molecule has 1 saturated heterocycles. The van der Waals surface area contributed by atoms with Crippen molar-refractivity contribution in [2.75, 3.05) is 13.7 Å². The molecule has 1 aliphatic carbocycles. The van der Waals surface area contributed by atoms with Crippen molar-refractivity contribution in [2.24, 2.45) is 0 Å². The van der Waals surface area contributed by atoms with Crippen LogP contribution in [0.4, 0.5) is 0 Å². The minimum Gasteiger partial charge on any atom is -0.481 e. The lowest BCUT2D eigenvalue weighted by molar-refractivity contribution is -0.144. The Morgan fingerprint density at radius 1 is 1.33 bits per heavy atom. The van der Waals surface area contributed by atoms with E-state index in [9.17, 15) is 9.59 Å². The molecule has 1 amide bonds. The minimum atomic E-state index is -0.874. The highest BCUT2D eigenvalue weighted by Gasteiger charge is 2.50. The molecule has 1 aliphatic heterocycles. The van der Waals surface area contributed by atoms with Crippen LogP contribution in [0.25, 0.3) is 0 Å². The molecule has 1 N–H and O–H groups in total. The van der Waals surface area contributed by atoms with E-state index in [-0.39, 0.29) is 24.5 Å². The summed E-state index contributed by atoms with van der Waals surface area (Å²) in [7, 11) is 1.62. The lowest BCUT2D eigenvalue weighted by atomic mass is 9.63. The molecule has 0 spiro atoms. The molecule has 2 fully saturated rings. The van der Waals surface area contributed by atoms with Gasteiger partial charge in [0.15, 0.2) is 0 Å². The molecule has 2 aliphatic rings. The van der Waals surface area contributed by atoms with Gasteiger partial charge in [-0.05, 0) is 37.0 Å². The Labute approximate surface area is 150 Å². The van der Waals surface area contributed by atoms with Crippen molar-refractivity contribution in [3.05, 3.63) is 34.3 Å². The molecular weight excluding hydrogens is 374 g/mol. The number of rotatable bonds is 5. The number of hydrogen-bond acceptors (Lipinski definition) is 3. The van der Waals surface area contributed by atoms with Gasteiger partial charge in [0.05, 0.1) is 17.9 Å². The van der Waals surface area contributed by atoms with Crippen LogP contribution in [0, 0.1) is 0 Å². The van der Waals surface area contributed by atoms with Gasteiger partial charge in [-0.15, -0.1) is 0 Å². The number of nitrogens with zero attached hydrogens (tertiary/aromatic N) is 1. The van der Waals surface area contributed by atoms with Crippen LogP contribution in [-0.2, 0) is 19.7 Å². The van der Waals surface area contributed by atoms with Gasteiger partial charge in [0, 0.05) is 24.2 Å². The highest BCUT2D eigenvalue weighted by atomic mass is 79.9. The molecule has 1 aromatic rings. The average molecular weight is 396 g/mol. The number of carboxylic acids is 1. The van der Waals surface area contributed by atoms with Gasteiger partial charge in [-0.2, -0.15) is 0 Å². The third-order valence-corrected chi connectivity index (χ3v) is 5.92. The number of methoxy groups -OCH3 is 1. The van der Waals surface area contributed by atoms with E-state index in [0.29, 0.717) is 13.0 Å². The van der Waals surface area contributed by atoms with Crippen LogP contribution in [0.2, 0.25) is 0 Å². The molecule has 1 saturated carbocycles. The quantitative estimate of drug-likeness (QED) is 0.831. The second kappa shape index (κ2) is 6.84. The molecule has 0 radical (unpaired) electrons. The van der Waals surface area contributed by atoms with Gasteiger partial charge in [0.25, 0.3) is 0 Å². The zero-order valence-electron chi connectivity index (χ0n) is 13.7. The van der Waals surface area contributed by atoms with Crippen LogP contribution in [0.15, 0.2) is 28.7 Å². The molecule has 2 atom stereocenters. The molecule has 1 aromatic carbocycles. The molecule has 1 heterocycles. The number of carbonyl (C=O) groups is 2. The predicted molar refractivity (Wildman–Crippen MR) is 92.8 cm³/mol. The van der Waals surface area contributed by atoms with E-state index in [0.717, 1.165) is 29.3 Å². The Morgan fingerprint density at radius 2 is 2.00 bits per heavy atom. The number of hydrogen-bond donors (Lipinski definition) is 1. The fraction of sp³-hybridized carbons (Fsp3) is 0.556. The van der Waals surface area contributed by atoms with Crippen LogP contribution >= 0.6 is 15.9 Å². The van der Waals surface area contributed by atoms with E-state index >= 15 is 0 Å². The maximum Gasteiger partial charge on any atom is 0.305 e. The van der Waals surface area contributed by atoms with Gasteiger partial charge >= 0.3 is 5.97 Å². The van der Waals surface area contributed by atoms with Crippen molar-refractivity contribution in [3.63, 3.8) is 0 Å². The van der Waals surface area contributed by atoms with E-state index < -0.39 is 11.4 Å². The van der Waals surface area contributed by atoms with Gasteiger partial charge in [-0.1, -0.05) is 34.5 Å². The number of halogens is 1. The molecule has 0 aromatic heterocycles. The van der Waals surface area contributed by atoms with Gasteiger partial charge in [-0.3, -0.25) is 9.59 Å². The molecule has 130 valence electrons. The smallest absolute Gasteiger partial charge is 0.305 e. The fourth-order valence-electron chi connectivity index (χ4n) is 3.89. The summed E-state index contributed by atoms with van der Waals surface area (Å²) in [6.07, 6.45) is 3.14. The highest BCUT2D eigenvalue weighted by molar-refractivity contribution is 9.10. The van der Waals surface area contributed by atoms with E-state index in [1.54, 1.807) is 12.0 Å². The van der Waals surface area contributed by atoms with Crippen LogP contribution in [0.1, 0.15) is 37.7 Å². The predicted octanol–water partition coefficient (Wildman–Crippen LogP) is 2.96. The zero-order valence-corrected chi connectivity index (χ0v) is 15.3. The lowest BCUT2D eigenvalue weighted by Gasteiger charge is -2.44. The van der Waals surface area contributed by atoms with Gasteiger partial charge < -0.3 is 14.7 Å². The summed E-state index contributed by atoms with van der Waals surface area (Å²) >= 11 is 3.43. The molecule has 3 rings (SSSR count). The summed E-state index contributed by atoms with van der Waals surface area (Å²) in [4.78, 5) is 26.3. The minimum absolute atomic E-state index is 0.0258. The number of amides is 1. The second-order valence-corrected chi connectivity index (χ2v) is 7.66. The van der Waals surface area contributed by atoms with Crippen LogP contribution in [-0.4, -0.2) is 47.7 Å². The van der Waals surface area contributed by atoms with Gasteiger partial charge in [0.1, 0.15) is 0 Å². The Hall–Kier alpha value is -1.40. The summed E-state index contributed by atoms with van der Waals surface area (Å²) in [5.41, 5.74) is 0.525. The summed E-state index contributed by atoms with van der Waals surface area (Å²) in [5.74, 6) is -0.817. The van der Waals surface area contributed by atoms with Crippen molar-refractivity contribution in [2.45, 2.75) is 49.7 Å². The third kappa shape index (κ3) is 3.09. The number of carboxylic acid groups (broad SMARTS) is 1. The normalized spacial score (nSPS) is 25.3. The molecule has 5 nitrogen and oxygen atoms in total. The number of aliphatic carboxylic acids is 1. The standard InChI is InChI=1S/C18H22BrNO4/c1-24-15-9-14(10-16(21)22)20(11-15)17(23)18(7-2-8-18)12-3-5-13(19)6-4-12/h3-6,14-15H,2,7-11H2,1H3,(H,21,22). The van der Waals surface area contributed by atoms with Crippen molar-refractivity contribution in [1.82, 2.24) is 4.90 Å². The zero-order chi connectivity index (χ0) is 17.3. The maximum absolute atomic E-state index is 13.4. The van der Waals surface area contributed by atoms with Gasteiger partial charge in [-0.25, -0.2) is 0 Å². The number of benzene rings is 1. The summed E-state index contributed by atoms with van der Waals surface area (Å²) in [6.45, 7) is 0.478. The largest absolute Gasteiger partial charge is 0.481 e. The third-order valence-electron chi connectivity index (χ3n) is 5.39. The molecule has 6 heteroatoms. The first-order chi connectivity index (χ1) is 11.5. The van der Waals surface area contributed by atoms with Crippen molar-refractivity contribution in [1.29, 1.82) is 0 Å². The summed E-state index contributed by atoms with van der Waals surface area (Å²) in [5, 5.41) is 9.17. The van der Waals surface area contributed by atoms with E-state index in [4.69, 9.17) is 9.84 Å². The first kappa shape index (κ1) is 17.4. The number of carbonyl (C=O) groups excluding carboxylic acids is 1. The van der Waals surface area contributed by atoms with E-state index in [2.05, 4.69) is 15.9 Å². The first-order valence-corrected chi connectivity index (χ1v) is 9.07. The number of ether oxygens (including phenoxy) is 1. The van der Waals surface area contributed by atoms with Crippen LogP contribution in [0.3, 0.4) is 0 Å². The molecule has 0 bridgehead atoms. The van der Waals surface area contributed by atoms with Crippen molar-refractivity contribution < 1.29 is 19.4 Å². The SMILES string of the molecule is COC1CC(CC(=O)O)N(C(=O)C2(c3ccc(Br)cc3)CCC2)C1. The number of likely N-dealkylation sites (tertiary alicyclic amines) is 1. The maximum atomic E-state index is 13.4. The van der Waals surface area contributed by atoms with Crippen LogP contribution in [0.5, 0.6) is 0 Å². The van der Waals surface area contributed by atoms with Gasteiger partial charge in [0.2, 0.25) is 5.91 Å². The van der Waals surface area contributed by atoms with E-state index in [1.807, 2.05) is 24.3 Å². The Bertz CT molecular complexity index is 626. The lowest BCUT2D eigenvalue weighted by Crippen LogP contribution is -2.53. The van der Waals surface area contributed by atoms with Crippen molar-refractivity contribution in [3.8, 4) is 0 Å². The van der Waals surface area contributed by atoms with E-state index in [1.165, 1.54) is 0 Å². The summed E-state index contributed by atoms with van der Waals surface area (Å²) in [6, 6.07) is 7.63. The molecule has 24 heavy (non-hydrogen) atoms.